The van der Waals surface area contributed by atoms with Crippen molar-refractivity contribution in [2.75, 3.05) is 0 Å². The van der Waals surface area contributed by atoms with Gasteiger partial charge in [-0.2, -0.15) is 4.98 Å². The summed E-state index contributed by atoms with van der Waals surface area (Å²) in [6.07, 6.45) is 1.84. The zero-order valence-corrected chi connectivity index (χ0v) is 10.2. The standard InChI is InChI=1S/C12H16N2O3/c1-4-9(7(2)15)12-13-11(14-17-12)10-5-6-16-8(10)3/h5-7,9,15H,4H2,1-3H3. The monoisotopic (exact) mass is 236 g/mol. The number of furan rings is 1. The van der Waals surface area contributed by atoms with Crippen LogP contribution in [0.2, 0.25) is 0 Å². The van der Waals surface area contributed by atoms with Crippen molar-refractivity contribution in [1.29, 1.82) is 0 Å². The molecular weight excluding hydrogens is 220 g/mol. The van der Waals surface area contributed by atoms with E-state index < -0.39 is 6.10 Å². The van der Waals surface area contributed by atoms with Gasteiger partial charge in [0.2, 0.25) is 11.7 Å². The molecule has 17 heavy (non-hydrogen) atoms. The van der Waals surface area contributed by atoms with Gasteiger partial charge in [-0.3, -0.25) is 0 Å². The number of aliphatic hydroxyl groups excluding tert-OH is 1. The third-order valence-electron chi connectivity index (χ3n) is 2.88. The fourth-order valence-corrected chi connectivity index (χ4v) is 1.83. The molecule has 2 atom stereocenters. The molecule has 0 spiro atoms. The summed E-state index contributed by atoms with van der Waals surface area (Å²) in [6.45, 7) is 5.54. The minimum atomic E-state index is -0.501. The molecule has 0 fully saturated rings. The second kappa shape index (κ2) is 4.71. The highest BCUT2D eigenvalue weighted by Crippen LogP contribution is 2.26. The fourth-order valence-electron chi connectivity index (χ4n) is 1.83. The topological polar surface area (TPSA) is 72.3 Å². The number of rotatable bonds is 4. The van der Waals surface area contributed by atoms with Gasteiger partial charge in [-0.25, -0.2) is 0 Å². The van der Waals surface area contributed by atoms with Gasteiger partial charge in [-0.05, 0) is 26.3 Å². The lowest BCUT2D eigenvalue weighted by Gasteiger charge is -2.12. The van der Waals surface area contributed by atoms with Gasteiger partial charge < -0.3 is 14.0 Å². The molecule has 0 radical (unpaired) electrons. The van der Waals surface area contributed by atoms with E-state index in [9.17, 15) is 5.11 Å². The van der Waals surface area contributed by atoms with Crippen LogP contribution in [-0.4, -0.2) is 21.4 Å². The molecule has 0 aromatic carbocycles. The van der Waals surface area contributed by atoms with Crippen LogP contribution < -0.4 is 0 Å². The van der Waals surface area contributed by atoms with Gasteiger partial charge in [0.25, 0.3) is 0 Å². The first kappa shape index (κ1) is 11.9. The first-order valence-corrected chi connectivity index (χ1v) is 5.69. The summed E-state index contributed by atoms with van der Waals surface area (Å²) in [5.74, 6) is 1.61. The molecular formula is C12H16N2O3. The first-order valence-electron chi connectivity index (χ1n) is 5.69. The molecule has 2 aromatic rings. The van der Waals surface area contributed by atoms with E-state index in [1.807, 2.05) is 13.8 Å². The van der Waals surface area contributed by atoms with E-state index in [4.69, 9.17) is 8.94 Å². The van der Waals surface area contributed by atoms with Gasteiger partial charge in [0.15, 0.2) is 0 Å². The van der Waals surface area contributed by atoms with Gasteiger partial charge in [0.1, 0.15) is 5.76 Å². The minimum absolute atomic E-state index is 0.122. The maximum absolute atomic E-state index is 9.61. The van der Waals surface area contributed by atoms with Crippen LogP contribution in [0.15, 0.2) is 21.3 Å². The van der Waals surface area contributed by atoms with Crippen molar-refractivity contribution in [2.24, 2.45) is 0 Å². The molecule has 1 N–H and O–H groups in total. The summed E-state index contributed by atoms with van der Waals surface area (Å²) in [7, 11) is 0. The number of aliphatic hydroxyl groups is 1. The number of hydrogen-bond donors (Lipinski definition) is 1. The number of aryl methyl sites for hydroxylation is 1. The third kappa shape index (κ3) is 2.24. The molecule has 5 heteroatoms. The van der Waals surface area contributed by atoms with Crippen molar-refractivity contribution in [3.05, 3.63) is 24.0 Å². The Morgan fingerprint density at radius 2 is 2.24 bits per heavy atom. The number of hydrogen-bond acceptors (Lipinski definition) is 5. The fraction of sp³-hybridized carbons (Fsp3) is 0.500. The van der Waals surface area contributed by atoms with Gasteiger partial charge >= 0.3 is 0 Å². The number of nitrogens with zero attached hydrogens (tertiary/aromatic N) is 2. The molecule has 0 aliphatic carbocycles. The van der Waals surface area contributed by atoms with Crippen LogP contribution in [0.25, 0.3) is 11.4 Å². The highest BCUT2D eigenvalue weighted by atomic mass is 16.5. The maximum atomic E-state index is 9.61. The van der Waals surface area contributed by atoms with Crippen LogP contribution >= 0.6 is 0 Å². The Labute approximate surface area is 99.5 Å². The molecule has 0 saturated carbocycles. The molecule has 2 heterocycles. The zero-order chi connectivity index (χ0) is 12.4. The Morgan fingerprint density at radius 1 is 1.47 bits per heavy atom. The average Bonchev–Trinajstić information content (AvgIpc) is 2.87. The quantitative estimate of drug-likeness (QED) is 0.883. The highest BCUT2D eigenvalue weighted by Gasteiger charge is 2.23. The first-order chi connectivity index (χ1) is 8.13. The van der Waals surface area contributed by atoms with E-state index in [1.54, 1.807) is 19.3 Å². The summed E-state index contributed by atoms with van der Waals surface area (Å²) in [4.78, 5) is 4.31. The summed E-state index contributed by atoms with van der Waals surface area (Å²) >= 11 is 0. The Balaban J connectivity index is 2.30. The van der Waals surface area contributed by atoms with Crippen molar-refractivity contribution >= 4 is 0 Å². The maximum Gasteiger partial charge on any atom is 0.232 e. The van der Waals surface area contributed by atoms with Gasteiger partial charge in [-0.15, -0.1) is 0 Å². The van der Waals surface area contributed by atoms with Crippen molar-refractivity contribution < 1.29 is 14.0 Å². The molecule has 0 amide bonds. The smallest absolute Gasteiger partial charge is 0.232 e. The van der Waals surface area contributed by atoms with Crippen LogP contribution in [0, 0.1) is 6.92 Å². The lowest BCUT2D eigenvalue weighted by Crippen LogP contribution is -2.13. The summed E-state index contributed by atoms with van der Waals surface area (Å²) < 4.78 is 10.4. The lowest BCUT2D eigenvalue weighted by atomic mass is 10.0. The van der Waals surface area contributed by atoms with Crippen molar-refractivity contribution in [3.8, 4) is 11.4 Å². The van der Waals surface area contributed by atoms with Crippen LogP contribution in [0.5, 0.6) is 0 Å². The molecule has 2 aromatic heterocycles. The van der Waals surface area contributed by atoms with Crippen LogP contribution in [0.3, 0.4) is 0 Å². The Kier molecular flexibility index (Phi) is 3.28. The van der Waals surface area contributed by atoms with E-state index in [0.29, 0.717) is 11.7 Å². The second-order valence-corrected chi connectivity index (χ2v) is 4.10. The Morgan fingerprint density at radius 3 is 2.76 bits per heavy atom. The predicted molar refractivity (Wildman–Crippen MR) is 61.4 cm³/mol. The molecule has 0 aliphatic rings. The molecule has 5 nitrogen and oxygen atoms in total. The van der Waals surface area contributed by atoms with E-state index >= 15 is 0 Å². The molecule has 92 valence electrons. The third-order valence-corrected chi connectivity index (χ3v) is 2.88. The van der Waals surface area contributed by atoms with Crippen LogP contribution in [0.4, 0.5) is 0 Å². The Hall–Kier alpha value is -1.62. The van der Waals surface area contributed by atoms with Crippen molar-refractivity contribution in [1.82, 2.24) is 10.1 Å². The van der Waals surface area contributed by atoms with E-state index in [1.165, 1.54) is 0 Å². The van der Waals surface area contributed by atoms with Crippen molar-refractivity contribution in [3.63, 3.8) is 0 Å². The van der Waals surface area contributed by atoms with E-state index in [0.717, 1.165) is 17.7 Å². The molecule has 0 aliphatic heterocycles. The molecule has 0 bridgehead atoms. The van der Waals surface area contributed by atoms with Gasteiger partial charge in [-0.1, -0.05) is 12.1 Å². The van der Waals surface area contributed by atoms with E-state index in [2.05, 4.69) is 10.1 Å². The summed E-state index contributed by atoms with van der Waals surface area (Å²) in [5, 5.41) is 13.5. The number of aromatic nitrogens is 2. The minimum Gasteiger partial charge on any atom is -0.469 e. The van der Waals surface area contributed by atoms with E-state index in [-0.39, 0.29) is 5.92 Å². The van der Waals surface area contributed by atoms with Crippen molar-refractivity contribution in [2.45, 2.75) is 39.2 Å². The average molecular weight is 236 g/mol. The largest absolute Gasteiger partial charge is 0.469 e. The predicted octanol–water partition coefficient (Wildman–Crippen LogP) is 2.51. The summed E-state index contributed by atoms with van der Waals surface area (Å²) in [5.41, 5.74) is 0.820. The SMILES string of the molecule is CCC(c1nc(-c2ccoc2C)no1)C(C)O. The normalized spacial score (nSPS) is 14.8. The zero-order valence-electron chi connectivity index (χ0n) is 10.2. The highest BCUT2D eigenvalue weighted by molar-refractivity contribution is 5.56. The van der Waals surface area contributed by atoms with Crippen LogP contribution in [0.1, 0.15) is 37.8 Å². The molecule has 2 rings (SSSR count). The van der Waals surface area contributed by atoms with Crippen LogP contribution in [-0.2, 0) is 0 Å². The lowest BCUT2D eigenvalue weighted by molar-refractivity contribution is 0.141. The molecule has 2 unspecified atom stereocenters. The molecule has 0 saturated heterocycles. The van der Waals surface area contributed by atoms with Gasteiger partial charge in [0.05, 0.1) is 23.8 Å². The van der Waals surface area contributed by atoms with Gasteiger partial charge in [0, 0.05) is 0 Å². The Bertz CT molecular complexity index is 487. The summed E-state index contributed by atoms with van der Waals surface area (Å²) in [6, 6.07) is 1.80. The second-order valence-electron chi connectivity index (χ2n) is 4.10.